The molecule has 5 heteroatoms. The van der Waals surface area contributed by atoms with Gasteiger partial charge in [0.1, 0.15) is 0 Å². The van der Waals surface area contributed by atoms with Crippen LogP contribution in [-0.2, 0) is 6.42 Å². The van der Waals surface area contributed by atoms with Crippen molar-refractivity contribution in [2.45, 2.75) is 45.7 Å². The van der Waals surface area contributed by atoms with Crippen LogP contribution in [0.4, 0.5) is 4.79 Å². The number of H-pyrrole nitrogens is 1. The lowest BCUT2D eigenvalue weighted by Crippen LogP contribution is -2.54. The van der Waals surface area contributed by atoms with E-state index in [0.29, 0.717) is 6.04 Å². The van der Waals surface area contributed by atoms with Crippen molar-refractivity contribution in [3.63, 3.8) is 0 Å². The van der Waals surface area contributed by atoms with Gasteiger partial charge in [-0.2, -0.15) is 0 Å². The predicted molar refractivity (Wildman–Crippen MR) is 111 cm³/mol. The fourth-order valence-electron chi connectivity index (χ4n) is 4.71. The number of urea groups is 1. The summed E-state index contributed by atoms with van der Waals surface area (Å²) >= 11 is 0. The Morgan fingerprint density at radius 1 is 1.30 bits per heavy atom. The van der Waals surface area contributed by atoms with Gasteiger partial charge >= 0.3 is 6.03 Å². The third-order valence-electron chi connectivity index (χ3n) is 5.99. The van der Waals surface area contributed by atoms with E-state index in [2.05, 4.69) is 52.6 Å². The van der Waals surface area contributed by atoms with Gasteiger partial charge in [0, 0.05) is 42.8 Å². The molecule has 1 aromatic heterocycles. The fraction of sp³-hybridized carbons (Fsp3) is 0.500. The number of hydrogen-bond donors (Lipinski definition) is 2. The number of carbonyl (C=O) groups excluding carboxylic acids is 1. The van der Waals surface area contributed by atoms with Crippen molar-refractivity contribution in [3.8, 4) is 0 Å². The smallest absolute Gasteiger partial charge is 0.317 e. The van der Waals surface area contributed by atoms with Gasteiger partial charge < -0.3 is 15.2 Å². The SMILES string of the molecule is CCCN1CC(NC(=O)N(CC)CC)C=C2c3cccc4[nH]cc(c34)C[C@H]21. The van der Waals surface area contributed by atoms with Crippen molar-refractivity contribution in [3.05, 3.63) is 41.6 Å². The normalized spacial score (nSPS) is 21.7. The van der Waals surface area contributed by atoms with E-state index in [0.717, 1.165) is 39.0 Å². The molecule has 1 aromatic carbocycles. The molecule has 1 aliphatic carbocycles. The average molecular weight is 367 g/mol. The van der Waals surface area contributed by atoms with Crippen molar-refractivity contribution < 1.29 is 4.79 Å². The highest BCUT2D eigenvalue weighted by Gasteiger charge is 2.35. The van der Waals surface area contributed by atoms with Gasteiger partial charge in [-0.3, -0.25) is 4.90 Å². The summed E-state index contributed by atoms with van der Waals surface area (Å²) in [6.45, 7) is 9.68. The van der Waals surface area contributed by atoms with E-state index < -0.39 is 0 Å². The Balaban J connectivity index is 1.70. The number of amides is 2. The van der Waals surface area contributed by atoms with Crippen LogP contribution in [-0.4, -0.2) is 59.1 Å². The summed E-state index contributed by atoms with van der Waals surface area (Å²) in [6.07, 6.45) is 6.64. The number of aromatic amines is 1. The number of carbonyl (C=O) groups is 1. The van der Waals surface area contributed by atoms with Crippen LogP contribution in [0.5, 0.6) is 0 Å². The minimum atomic E-state index is 0.0353. The van der Waals surface area contributed by atoms with Gasteiger partial charge in [-0.15, -0.1) is 0 Å². The first-order valence-corrected chi connectivity index (χ1v) is 10.3. The van der Waals surface area contributed by atoms with Gasteiger partial charge in [-0.05, 0) is 56.0 Å². The maximum absolute atomic E-state index is 12.6. The Morgan fingerprint density at radius 2 is 2.11 bits per heavy atom. The van der Waals surface area contributed by atoms with E-state index in [9.17, 15) is 4.79 Å². The first-order chi connectivity index (χ1) is 13.2. The number of benzene rings is 1. The van der Waals surface area contributed by atoms with Crippen molar-refractivity contribution in [1.82, 2.24) is 20.1 Å². The second kappa shape index (κ2) is 7.39. The fourth-order valence-corrected chi connectivity index (χ4v) is 4.71. The van der Waals surface area contributed by atoms with Crippen LogP contribution in [0.25, 0.3) is 16.5 Å². The summed E-state index contributed by atoms with van der Waals surface area (Å²) in [7, 11) is 0. The molecule has 144 valence electrons. The molecule has 0 bridgehead atoms. The van der Waals surface area contributed by atoms with Crippen LogP contribution in [0.1, 0.15) is 38.3 Å². The highest BCUT2D eigenvalue weighted by molar-refractivity contribution is 5.98. The average Bonchev–Trinajstić information content (AvgIpc) is 3.08. The molecular weight excluding hydrogens is 336 g/mol. The van der Waals surface area contributed by atoms with Crippen LogP contribution < -0.4 is 5.32 Å². The number of rotatable bonds is 5. The summed E-state index contributed by atoms with van der Waals surface area (Å²) in [5.74, 6) is 0. The molecule has 2 aromatic rings. The molecule has 1 aliphatic heterocycles. The molecule has 2 atom stereocenters. The minimum absolute atomic E-state index is 0.0353. The Labute approximate surface area is 161 Å². The van der Waals surface area contributed by atoms with Crippen LogP contribution >= 0.6 is 0 Å². The molecule has 2 aliphatic rings. The molecule has 0 saturated heterocycles. The van der Waals surface area contributed by atoms with E-state index in [1.165, 1.54) is 27.6 Å². The Hall–Kier alpha value is -2.27. The number of hydrogen-bond acceptors (Lipinski definition) is 2. The molecule has 2 N–H and O–H groups in total. The van der Waals surface area contributed by atoms with E-state index in [4.69, 9.17) is 0 Å². The summed E-state index contributed by atoms with van der Waals surface area (Å²) in [5, 5.41) is 4.61. The summed E-state index contributed by atoms with van der Waals surface area (Å²) in [5.41, 5.74) is 5.31. The Kier molecular flexibility index (Phi) is 4.96. The van der Waals surface area contributed by atoms with Gasteiger partial charge in [0.05, 0.1) is 6.04 Å². The van der Waals surface area contributed by atoms with Crippen LogP contribution in [0.3, 0.4) is 0 Å². The molecule has 0 spiro atoms. The third kappa shape index (κ3) is 3.14. The lowest BCUT2D eigenvalue weighted by molar-refractivity contribution is 0.183. The molecular formula is C22H30N4O. The number of nitrogens with one attached hydrogen (secondary N) is 2. The Morgan fingerprint density at radius 3 is 2.85 bits per heavy atom. The molecule has 0 saturated carbocycles. The van der Waals surface area contributed by atoms with Gasteiger partial charge in [0.15, 0.2) is 0 Å². The van der Waals surface area contributed by atoms with Gasteiger partial charge in [0.25, 0.3) is 0 Å². The van der Waals surface area contributed by atoms with Crippen molar-refractivity contribution in [1.29, 1.82) is 0 Å². The van der Waals surface area contributed by atoms with Crippen LogP contribution in [0.2, 0.25) is 0 Å². The maximum Gasteiger partial charge on any atom is 0.317 e. The van der Waals surface area contributed by atoms with Crippen molar-refractivity contribution >= 4 is 22.5 Å². The second-order valence-corrected chi connectivity index (χ2v) is 7.61. The number of aromatic nitrogens is 1. The zero-order valence-corrected chi connectivity index (χ0v) is 16.6. The molecule has 2 amide bonds. The summed E-state index contributed by atoms with van der Waals surface area (Å²) < 4.78 is 0. The third-order valence-corrected chi connectivity index (χ3v) is 5.99. The first kappa shape index (κ1) is 18.1. The molecule has 2 heterocycles. The Bertz CT molecular complexity index is 864. The molecule has 0 fully saturated rings. The summed E-state index contributed by atoms with van der Waals surface area (Å²) in [4.78, 5) is 20.4. The van der Waals surface area contributed by atoms with Crippen LogP contribution in [0.15, 0.2) is 30.5 Å². The van der Waals surface area contributed by atoms with Crippen LogP contribution in [0, 0.1) is 0 Å². The number of nitrogens with zero attached hydrogens (tertiary/aromatic N) is 2. The molecule has 4 rings (SSSR count). The molecule has 1 unspecified atom stereocenters. The standard InChI is InChI=1S/C22H30N4O/c1-4-10-26-14-16(24-22(27)25(5-2)6-3)12-18-17-8-7-9-19-21(17)15(13-23-19)11-20(18)26/h7-9,12-13,16,20,23H,4-6,10-11,14H2,1-3H3,(H,24,27)/t16?,20-/m1/s1. The topological polar surface area (TPSA) is 51.4 Å². The predicted octanol–water partition coefficient (Wildman–Crippen LogP) is 3.62. The van der Waals surface area contributed by atoms with E-state index >= 15 is 0 Å². The quantitative estimate of drug-likeness (QED) is 0.849. The molecule has 5 nitrogen and oxygen atoms in total. The first-order valence-electron chi connectivity index (χ1n) is 10.3. The van der Waals surface area contributed by atoms with E-state index in [-0.39, 0.29) is 12.1 Å². The van der Waals surface area contributed by atoms with Crippen molar-refractivity contribution in [2.75, 3.05) is 26.2 Å². The minimum Gasteiger partial charge on any atom is -0.361 e. The number of fused-ring (bicyclic) bond motifs is 2. The monoisotopic (exact) mass is 366 g/mol. The van der Waals surface area contributed by atoms with Crippen molar-refractivity contribution in [2.24, 2.45) is 0 Å². The molecule has 0 radical (unpaired) electrons. The van der Waals surface area contributed by atoms with Gasteiger partial charge in [-0.25, -0.2) is 4.79 Å². The maximum atomic E-state index is 12.6. The van der Waals surface area contributed by atoms with E-state index in [1.54, 1.807) is 0 Å². The zero-order chi connectivity index (χ0) is 19.0. The second-order valence-electron chi connectivity index (χ2n) is 7.61. The summed E-state index contributed by atoms with van der Waals surface area (Å²) in [6, 6.07) is 7.00. The molecule has 27 heavy (non-hydrogen) atoms. The lowest BCUT2D eigenvalue weighted by Gasteiger charge is -2.42. The highest BCUT2D eigenvalue weighted by atomic mass is 16.2. The van der Waals surface area contributed by atoms with Gasteiger partial charge in [-0.1, -0.05) is 25.1 Å². The van der Waals surface area contributed by atoms with Gasteiger partial charge in [0.2, 0.25) is 0 Å². The lowest BCUT2D eigenvalue weighted by atomic mass is 9.81. The van der Waals surface area contributed by atoms with E-state index in [1.807, 2.05) is 18.7 Å². The zero-order valence-electron chi connectivity index (χ0n) is 16.6. The highest BCUT2D eigenvalue weighted by Crippen LogP contribution is 2.40. The largest absolute Gasteiger partial charge is 0.361 e.